The van der Waals surface area contributed by atoms with Gasteiger partial charge in [0.2, 0.25) is 5.76 Å². The second-order valence-electron chi connectivity index (χ2n) is 4.36. The van der Waals surface area contributed by atoms with Gasteiger partial charge < -0.3 is 14.6 Å². The van der Waals surface area contributed by atoms with Crippen molar-refractivity contribution < 1.29 is 19.4 Å². The third-order valence-electron chi connectivity index (χ3n) is 2.86. The molecule has 0 aliphatic heterocycles. The van der Waals surface area contributed by atoms with Crippen molar-refractivity contribution in [3.05, 3.63) is 71.5 Å². The number of benzene rings is 2. The Hall–Kier alpha value is -2.75. The molecule has 2 rings (SSSR count). The van der Waals surface area contributed by atoms with Crippen LogP contribution in [0.4, 0.5) is 0 Å². The predicted octanol–water partition coefficient (Wildman–Crippen LogP) is 3.34. The summed E-state index contributed by atoms with van der Waals surface area (Å²) in [5.74, 6) is -0.472. The Bertz CT molecular complexity index is 615. The average molecular weight is 284 g/mol. The van der Waals surface area contributed by atoms with E-state index >= 15 is 0 Å². The van der Waals surface area contributed by atoms with E-state index in [9.17, 15) is 4.79 Å². The summed E-state index contributed by atoms with van der Waals surface area (Å²) >= 11 is 0. The van der Waals surface area contributed by atoms with Crippen LogP contribution in [0.5, 0.6) is 5.75 Å². The molecule has 0 atom stereocenters. The van der Waals surface area contributed by atoms with Gasteiger partial charge in [-0.05, 0) is 29.3 Å². The highest BCUT2D eigenvalue weighted by molar-refractivity contribution is 5.89. The summed E-state index contributed by atoms with van der Waals surface area (Å²) in [6.45, 7) is 0.495. The number of hydrogen-bond donors (Lipinski definition) is 1. The predicted molar refractivity (Wildman–Crippen MR) is 79.8 cm³/mol. The Morgan fingerprint density at radius 3 is 2.33 bits per heavy atom. The topological polar surface area (TPSA) is 55.8 Å². The molecule has 0 unspecified atom stereocenters. The lowest BCUT2D eigenvalue weighted by Crippen LogP contribution is -2.01. The van der Waals surface area contributed by atoms with E-state index in [0.29, 0.717) is 6.61 Å². The second-order valence-corrected chi connectivity index (χ2v) is 4.36. The summed E-state index contributed by atoms with van der Waals surface area (Å²) < 4.78 is 10.4. The highest BCUT2D eigenvalue weighted by atomic mass is 16.5. The van der Waals surface area contributed by atoms with Gasteiger partial charge in [-0.25, -0.2) is 4.79 Å². The van der Waals surface area contributed by atoms with E-state index in [2.05, 4.69) is 0 Å². The summed E-state index contributed by atoms with van der Waals surface area (Å²) in [4.78, 5) is 10.8. The van der Waals surface area contributed by atoms with Crippen LogP contribution >= 0.6 is 0 Å². The van der Waals surface area contributed by atoms with Crippen LogP contribution in [0.2, 0.25) is 0 Å². The lowest BCUT2D eigenvalue weighted by Gasteiger charge is -2.06. The summed E-state index contributed by atoms with van der Waals surface area (Å²) in [5.41, 5.74) is 1.83. The minimum atomic E-state index is -1.10. The molecule has 2 aromatic carbocycles. The first-order valence-corrected chi connectivity index (χ1v) is 6.45. The number of rotatable bonds is 6. The Morgan fingerprint density at radius 2 is 1.76 bits per heavy atom. The van der Waals surface area contributed by atoms with Crippen LogP contribution < -0.4 is 4.74 Å². The molecule has 0 spiro atoms. The molecule has 4 heteroatoms. The maximum absolute atomic E-state index is 10.8. The van der Waals surface area contributed by atoms with Gasteiger partial charge in [0.1, 0.15) is 12.4 Å². The number of carbonyl (C=O) groups is 1. The smallest absolute Gasteiger partial charge is 0.371 e. The van der Waals surface area contributed by atoms with Gasteiger partial charge in [0.05, 0.1) is 7.11 Å². The zero-order valence-corrected chi connectivity index (χ0v) is 11.7. The number of ether oxygens (including phenoxy) is 2. The first-order valence-electron chi connectivity index (χ1n) is 6.45. The molecule has 0 aliphatic carbocycles. The molecule has 21 heavy (non-hydrogen) atoms. The van der Waals surface area contributed by atoms with Gasteiger partial charge in [-0.1, -0.05) is 42.5 Å². The van der Waals surface area contributed by atoms with Crippen molar-refractivity contribution in [2.24, 2.45) is 0 Å². The van der Waals surface area contributed by atoms with Gasteiger partial charge in [-0.3, -0.25) is 0 Å². The minimum absolute atomic E-state index is 0.104. The molecule has 108 valence electrons. The summed E-state index contributed by atoms with van der Waals surface area (Å²) in [7, 11) is 1.33. The number of hydrogen-bond acceptors (Lipinski definition) is 3. The Morgan fingerprint density at radius 1 is 1.10 bits per heavy atom. The lowest BCUT2D eigenvalue weighted by atomic mass is 10.2. The van der Waals surface area contributed by atoms with Crippen molar-refractivity contribution in [1.29, 1.82) is 0 Å². The van der Waals surface area contributed by atoms with Crippen LogP contribution in [0.3, 0.4) is 0 Å². The molecule has 0 amide bonds. The number of carboxylic acid groups (broad SMARTS) is 1. The molecular formula is C17H16O4. The quantitative estimate of drug-likeness (QED) is 0.653. The SMILES string of the molecule is CO/C(=C\c1ccc(OCc2ccccc2)cc1)C(=O)O. The van der Waals surface area contributed by atoms with Gasteiger partial charge >= 0.3 is 5.97 Å². The van der Waals surface area contributed by atoms with E-state index < -0.39 is 5.97 Å². The molecule has 2 aromatic rings. The lowest BCUT2D eigenvalue weighted by molar-refractivity contribution is -0.135. The standard InChI is InChI=1S/C17H16O4/c1-20-16(17(18)19)11-13-7-9-15(10-8-13)21-12-14-5-3-2-4-6-14/h2-11H,12H2,1H3,(H,18,19)/b16-11-. The fourth-order valence-electron chi connectivity index (χ4n) is 1.76. The maximum Gasteiger partial charge on any atom is 0.371 e. The fraction of sp³-hybridized carbons (Fsp3) is 0.118. The third-order valence-corrected chi connectivity index (χ3v) is 2.86. The third kappa shape index (κ3) is 4.38. The second kappa shape index (κ2) is 7.14. The van der Waals surface area contributed by atoms with E-state index in [1.54, 1.807) is 24.3 Å². The maximum atomic E-state index is 10.8. The minimum Gasteiger partial charge on any atom is -0.490 e. The zero-order chi connectivity index (χ0) is 15.1. The van der Waals surface area contributed by atoms with Gasteiger partial charge in [0.25, 0.3) is 0 Å². The van der Waals surface area contributed by atoms with Crippen molar-refractivity contribution in [3.8, 4) is 5.75 Å². The highest BCUT2D eigenvalue weighted by Gasteiger charge is 2.06. The number of aliphatic carboxylic acids is 1. The Kier molecular flexibility index (Phi) is 4.99. The molecule has 0 radical (unpaired) electrons. The van der Waals surface area contributed by atoms with Crippen molar-refractivity contribution in [3.63, 3.8) is 0 Å². The van der Waals surface area contributed by atoms with E-state index in [0.717, 1.165) is 16.9 Å². The van der Waals surface area contributed by atoms with Crippen LogP contribution in [0.25, 0.3) is 6.08 Å². The molecule has 0 saturated carbocycles. The Labute approximate surface area is 123 Å². The molecule has 0 aromatic heterocycles. The fourth-order valence-corrected chi connectivity index (χ4v) is 1.76. The average Bonchev–Trinajstić information content (AvgIpc) is 2.52. The van der Waals surface area contributed by atoms with Crippen LogP contribution in [-0.2, 0) is 16.1 Å². The molecule has 0 bridgehead atoms. The first-order chi connectivity index (χ1) is 10.2. The molecule has 1 N–H and O–H groups in total. The summed E-state index contributed by atoms with van der Waals surface area (Å²) in [6.07, 6.45) is 1.46. The van der Waals surface area contributed by atoms with Gasteiger partial charge in [0, 0.05) is 0 Å². The molecule has 0 heterocycles. The van der Waals surface area contributed by atoms with Crippen molar-refractivity contribution in [2.75, 3.05) is 7.11 Å². The highest BCUT2D eigenvalue weighted by Crippen LogP contribution is 2.16. The van der Waals surface area contributed by atoms with Gasteiger partial charge in [-0.15, -0.1) is 0 Å². The van der Waals surface area contributed by atoms with Crippen molar-refractivity contribution >= 4 is 12.0 Å². The van der Waals surface area contributed by atoms with E-state index in [1.807, 2.05) is 30.3 Å². The van der Waals surface area contributed by atoms with E-state index in [4.69, 9.17) is 14.6 Å². The van der Waals surface area contributed by atoms with Crippen molar-refractivity contribution in [2.45, 2.75) is 6.61 Å². The van der Waals surface area contributed by atoms with Gasteiger partial charge in [0.15, 0.2) is 0 Å². The number of methoxy groups -OCH3 is 1. The summed E-state index contributed by atoms with van der Waals surface area (Å²) in [6, 6.07) is 17.0. The molecule has 0 saturated heterocycles. The van der Waals surface area contributed by atoms with Gasteiger partial charge in [-0.2, -0.15) is 0 Å². The largest absolute Gasteiger partial charge is 0.490 e. The van der Waals surface area contributed by atoms with E-state index in [-0.39, 0.29) is 5.76 Å². The first kappa shape index (κ1) is 14.7. The molecule has 4 nitrogen and oxygen atoms in total. The van der Waals surface area contributed by atoms with Crippen LogP contribution in [-0.4, -0.2) is 18.2 Å². The van der Waals surface area contributed by atoms with Crippen LogP contribution in [0.1, 0.15) is 11.1 Å². The van der Waals surface area contributed by atoms with Crippen LogP contribution in [0.15, 0.2) is 60.4 Å². The number of carboxylic acids is 1. The monoisotopic (exact) mass is 284 g/mol. The Balaban J connectivity index is 2.00. The zero-order valence-electron chi connectivity index (χ0n) is 11.7. The molecule has 0 aliphatic rings. The van der Waals surface area contributed by atoms with E-state index in [1.165, 1.54) is 13.2 Å². The van der Waals surface area contributed by atoms with Crippen molar-refractivity contribution in [1.82, 2.24) is 0 Å². The van der Waals surface area contributed by atoms with Crippen LogP contribution in [0, 0.1) is 0 Å². The molecular weight excluding hydrogens is 268 g/mol. The summed E-state index contributed by atoms with van der Waals surface area (Å²) in [5, 5.41) is 8.88. The molecule has 0 fully saturated rings. The normalized spacial score (nSPS) is 11.0.